The average molecular weight is 345 g/mol. The van der Waals surface area contributed by atoms with Gasteiger partial charge in [0.15, 0.2) is 0 Å². The van der Waals surface area contributed by atoms with E-state index in [0.29, 0.717) is 37.5 Å². The lowest BCUT2D eigenvalue weighted by Gasteiger charge is -2.25. The maximum atomic E-state index is 12.3. The van der Waals surface area contributed by atoms with Crippen LogP contribution in [0.15, 0.2) is 18.2 Å². The van der Waals surface area contributed by atoms with E-state index in [1.807, 2.05) is 12.1 Å². The average Bonchev–Trinajstić information content (AvgIpc) is 3.20. The summed E-state index contributed by atoms with van der Waals surface area (Å²) in [5.41, 5.74) is 1.18. The highest BCUT2D eigenvalue weighted by atomic mass is 32.1. The van der Waals surface area contributed by atoms with Crippen molar-refractivity contribution in [2.75, 3.05) is 26.2 Å². The van der Waals surface area contributed by atoms with E-state index in [2.05, 4.69) is 11.0 Å². The predicted octanol–water partition coefficient (Wildman–Crippen LogP) is 1.47. The molecule has 1 saturated heterocycles. The molecule has 2 aliphatic heterocycles. The number of fused-ring (bicyclic) bond motifs is 1. The van der Waals surface area contributed by atoms with Crippen LogP contribution in [0.4, 0.5) is 0 Å². The van der Waals surface area contributed by atoms with Crippen LogP contribution < -0.4 is 0 Å². The number of amides is 1. The molecule has 0 spiro atoms. The van der Waals surface area contributed by atoms with Gasteiger partial charge in [0.1, 0.15) is 10.9 Å². The Morgan fingerprint density at radius 1 is 1.46 bits per heavy atom. The Bertz CT molecular complexity index is 719. The third-order valence-electron chi connectivity index (χ3n) is 4.55. The Hall–Kier alpha value is -2.17. The van der Waals surface area contributed by atoms with Gasteiger partial charge in [0, 0.05) is 30.6 Å². The minimum atomic E-state index is -0.741. The smallest absolute Gasteiger partial charge is 0.307 e. The number of nitriles is 1. The first-order valence-corrected chi connectivity index (χ1v) is 8.80. The summed E-state index contributed by atoms with van der Waals surface area (Å²) in [4.78, 5) is 28.9. The zero-order valence-electron chi connectivity index (χ0n) is 13.3. The van der Waals surface area contributed by atoms with Crippen LogP contribution in [-0.2, 0) is 22.6 Å². The second kappa shape index (κ2) is 7.16. The first-order chi connectivity index (χ1) is 11.6. The number of hydrogen-bond donors (Lipinski definition) is 1. The van der Waals surface area contributed by atoms with Crippen LogP contribution in [-0.4, -0.2) is 53.0 Å². The highest BCUT2D eigenvalue weighted by Crippen LogP contribution is 2.27. The SMILES string of the molecule is N#Cc1cc2c(s1)CN(C(=O)/C=C/CN1CCC(C(=O)O)C1)CC2. The number of carbonyl (C=O) groups excluding carboxylic acids is 1. The molecule has 6 nitrogen and oxygen atoms in total. The van der Waals surface area contributed by atoms with E-state index < -0.39 is 5.97 Å². The fourth-order valence-corrected chi connectivity index (χ4v) is 4.20. The normalized spacial score (nSPS) is 21.0. The summed E-state index contributed by atoms with van der Waals surface area (Å²) in [7, 11) is 0. The van der Waals surface area contributed by atoms with Crippen molar-refractivity contribution in [3.8, 4) is 6.07 Å². The summed E-state index contributed by atoms with van der Waals surface area (Å²) < 4.78 is 0. The summed E-state index contributed by atoms with van der Waals surface area (Å²) >= 11 is 1.46. The minimum Gasteiger partial charge on any atom is -0.481 e. The van der Waals surface area contributed by atoms with Crippen molar-refractivity contribution < 1.29 is 14.7 Å². The van der Waals surface area contributed by atoms with Crippen LogP contribution in [0.3, 0.4) is 0 Å². The lowest BCUT2D eigenvalue weighted by molar-refractivity contribution is -0.141. The lowest BCUT2D eigenvalue weighted by Crippen LogP contribution is -2.34. The van der Waals surface area contributed by atoms with Crippen LogP contribution >= 0.6 is 11.3 Å². The van der Waals surface area contributed by atoms with Gasteiger partial charge >= 0.3 is 5.97 Å². The van der Waals surface area contributed by atoms with Crippen molar-refractivity contribution >= 4 is 23.2 Å². The van der Waals surface area contributed by atoms with Crippen molar-refractivity contribution in [2.24, 2.45) is 5.92 Å². The standard InChI is InChI=1S/C17H19N3O3S/c18-9-14-8-12-4-7-20(11-15(12)24-14)16(21)2-1-5-19-6-3-13(10-19)17(22)23/h1-2,8,13H,3-7,10-11H2,(H,22,23)/b2-1+. The number of thiophene rings is 1. The Kier molecular flexibility index (Phi) is 4.97. The molecule has 7 heteroatoms. The molecule has 0 saturated carbocycles. The molecule has 2 aliphatic rings. The van der Waals surface area contributed by atoms with Crippen LogP contribution in [0.2, 0.25) is 0 Å². The highest BCUT2D eigenvalue weighted by Gasteiger charge is 2.27. The van der Waals surface area contributed by atoms with Gasteiger partial charge in [-0.05, 0) is 31.0 Å². The van der Waals surface area contributed by atoms with E-state index in [9.17, 15) is 9.59 Å². The van der Waals surface area contributed by atoms with E-state index in [1.165, 1.54) is 16.9 Å². The number of aliphatic carboxylic acids is 1. The predicted molar refractivity (Wildman–Crippen MR) is 89.5 cm³/mol. The van der Waals surface area contributed by atoms with Gasteiger partial charge in [-0.3, -0.25) is 14.5 Å². The third-order valence-corrected chi connectivity index (χ3v) is 5.62. The molecule has 24 heavy (non-hydrogen) atoms. The molecule has 1 atom stereocenters. The van der Waals surface area contributed by atoms with E-state index in [1.54, 1.807) is 11.0 Å². The van der Waals surface area contributed by atoms with Gasteiger partial charge in [-0.1, -0.05) is 6.08 Å². The number of carboxylic acids is 1. The molecular formula is C17H19N3O3S. The number of carboxylic acid groups (broad SMARTS) is 1. The largest absolute Gasteiger partial charge is 0.481 e. The maximum Gasteiger partial charge on any atom is 0.307 e. The zero-order chi connectivity index (χ0) is 17.1. The van der Waals surface area contributed by atoms with Crippen molar-refractivity contribution in [3.63, 3.8) is 0 Å². The van der Waals surface area contributed by atoms with E-state index >= 15 is 0 Å². The molecule has 0 radical (unpaired) electrons. The number of hydrogen-bond acceptors (Lipinski definition) is 5. The molecule has 1 amide bonds. The van der Waals surface area contributed by atoms with Gasteiger partial charge in [0.05, 0.1) is 12.5 Å². The molecule has 0 aliphatic carbocycles. The minimum absolute atomic E-state index is 0.0264. The van der Waals surface area contributed by atoms with E-state index in [0.717, 1.165) is 17.8 Å². The van der Waals surface area contributed by atoms with E-state index in [-0.39, 0.29) is 11.8 Å². The van der Waals surface area contributed by atoms with Gasteiger partial charge in [0.25, 0.3) is 0 Å². The maximum absolute atomic E-state index is 12.3. The zero-order valence-corrected chi connectivity index (χ0v) is 14.1. The van der Waals surface area contributed by atoms with Crippen molar-refractivity contribution in [1.29, 1.82) is 5.26 Å². The van der Waals surface area contributed by atoms with Gasteiger partial charge in [-0.15, -0.1) is 11.3 Å². The third kappa shape index (κ3) is 3.66. The molecule has 126 valence electrons. The summed E-state index contributed by atoms with van der Waals surface area (Å²) in [6.07, 6.45) is 4.86. The Morgan fingerprint density at radius 3 is 3.00 bits per heavy atom. The Labute approximate surface area is 144 Å². The van der Waals surface area contributed by atoms with Gasteiger partial charge in [0.2, 0.25) is 5.91 Å². The van der Waals surface area contributed by atoms with Gasteiger partial charge in [-0.25, -0.2) is 0 Å². The van der Waals surface area contributed by atoms with Gasteiger partial charge < -0.3 is 10.0 Å². The summed E-state index contributed by atoms with van der Waals surface area (Å²) in [6, 6.07) is 4.08. The molecular weight excluding hydrogens is 326 g/mol. The molecule has 1 unspecified atom stereocenters. The first kappa shape index (κ1) is 16.7. The lowest BCUT2D eigenvalue weighted by atomic mass is 10.1. The van der Waals surface area contributed by atoms with Crippen LogP contribution in [0.5, 0.6) is 0 Å². The van der Waals surface area contributed by atoms with Crippen molar-refractivity contribution in [2.45, 2.75) is 19.4 Å². The van der Waals surface area contributed by atoms with Crippen LogP contribution in [0.25, 0.3) is 0 Å². The summed E-state index contributed by atoms with van der Waals surface area (Å²) in [5.74, 6) is -1.06. The monoisotopic (exact) mass is 345 g/mol. The first-order valence-electron chi connectivity index (χ1n) is 7.99. The molecule has 0 aromatic carbocycles. The van der Waals surface area contributed by atoms with E-state index in [4.69, 9.17) is 10.4 Å². The second-order valence-corrected chi connectivity index (χ2v) is 7.30. The number of carbonyl (C=O) groups is 2. The summed E-state index contributed by atoms with van der Waals surface area (Å²) in [5, 5.41) is 18.0. The number of nitrogens with zero attached hydrogens (tertiary/aromatic N) is 3. The number of likely N-dealkylation sites (tertiary alicyclic amines) is 1. The second-order valence-electron chi connectivity index (χ2n) is 6.17. The fraction of sp³-hybridized carbons (Fsp3) is 0.471. The summed E-state index contributed by atoms with van der Waals surface area (Å²) in [6.45, 7) is 3.15. The van der Waals surface area contributed by atoms with Crippen LogP contribution in [0.1, 0.15) is 21.7 Å². The fourth-order valence-electron chi connectivity index (χ4n) is 3.17. The Balaban J connectivity index is 1.51. The molecule has 0 bridgehead atoms. The topological polar surface area (TPSA) is 84.6 Å². The quantitative estimate of drug-likeness (QED) is 0.835. The van der Waals surface area contributed by atoms with Gasteiger partial charge in [-0.2, -0.15) is 5.26 Å². The molecule has 1 N–H and O–H groups in total. The molecule has 1 aromatic heterocycles. The highest BCUT2D eigenvalue weighted by molar-refractivity contribution is 7.12. The van der Waals surface area contributed by atoms with Crippen LogP contribution in [0, 0.1) is 17.2 Å². The van der Waals surface area contributed by atoms with Crippen molar-refractivity contribution in [3.05, 3.63) is 33.5 Å². The number of rotatable bonds is 4. The molecule has 3 rings (SSSR count). The Morgan fingerprint density at radius 2 is 2.29 bits per heavy atom. The van der Waals surface area contributed by atoms with Crippen molar-refractivity contribution in [1.82, 2.24) is 9.80 Å². The molecule has 1 fully saturated rings. The molecule has 1 aromatic rings. The molecule has 3 heterocycles.